The number of carbonyl (C=O) groups is 2. The number of amides is 4. The Morgan fingerprint density at radius 3 is 2.76 bits per heavy atom. The summed E-state index contributed by atoms with van der Waals surface area (Å²) in [5, 5.41) is 9.36. The zero-order chi connectivity index (χ0) is 22.6. The van der Waals surface area contributed by atoms with Crippen LogP contribution in [-0.4, -0.2) is 74.4 Å². The molecular weight excluding hydrogens is 426 g/mol. The van der Waals surface area contributed by atoms with Gasteiger partial charge in [0.15, 0.2) is 0 Å². The fourth-order valence-corrected chi connectivity index (χ4v) is 3.93. The molecule has 0 unspecified atom stereocenters. The molecule has 11 nitrogen and oxygen atoms in total. The second kappa shape index (κ2) is 9.25. The SMILES string of the molecule is O=C(Nc1ccc(Oc2ccnc(-c3cn[nH]c3)c2)cn1)N1CCN(C2CCOCC2)C1=O. The Balaban J connectivity index is 1.18. The molecule has 0 atom stereocenters. The first-order valence-corrected chi connectivity index (χ1v) is 10.7. The molecule has 2 aliphatic rings. The standard InChI is InChI=1S/C22H23N7O4/c30-21(29-8-7-28(22(29)31)16-4-9-32-10-5-16)27-20-2-1-18(14-24-20)33-17-3-6-23-19(11-17)15-12-25-26-13-15/h1-3,6,11-14,16H,4-5,7-10H2,(H,25,26)(H,24,27,30). The average Bonchev–Trinajstić information content (AvgIpc) is 3.51. The molecule has 0 spiro atoms. The monoisotopic (exact) mass is 449 g/mol. The number of pyridine rings is 2. The van der Waals surface area contributed by atoms with Crippen LogP contribution in [0.1, 0.15) is 12.8 Å². The van der Waals surface area contributed by atoms with Crippen molar-refractivity contribution in [3.05, 3.63) is 49.1 Å². The van der Waals surface area contributed by atoms with Crippen LogP contribution in [0, 0.1) is 0 Å². The Bertz CT molecular complexity index is 1110. The van der Waals surface area contributed by atoms with Gasteiger partial charge in [0.1, 0.15) is 17.3 Å². The van der Waals surface area contributed by atoms with Crippen LogP contribution in [0.5, 0.6) is 11.5 Å². The number of imide groups is 1. The highest BCUT2D eigenvalue weighted by Gasteiger charge is 2.37. The van der Waals surface area contributed by atoms with Crippen LogP contribution in [0.25, 0.3) is 11.3 Å². The minimum absolute atomic E-state index is 0.126. The highest BCUT2D eigenvalue weighted by Crippen LogP contribution is 2.26. The predicted molar refractivity (Wildman–Crippen MR) is 118 cm³/mol. The summed E-state index contributed by atoms with van der Waals surface area (Å²) in [7, 11) is 0. The number of hydrogen-bond acceptors (Lipinski definition) is 7. The number of urea groups is 2. The van der Waals surface area contributed by atoms with Crippen molar-refractivity contribution in [1.82, 2.24) is 30.0 Å². The molecule has 2 saturated heterocycles. The van der Waals surface area contributed by atoms with Gasteiger partial charge in [-0.3, -0.25) is 15.4 Å². The van der Waals surface area contributed by atoms with Gasteiger partial charge in [0.05, 0.1) is 18.1 Å². The van der Waals surface area contributed by atoms with Crippen molar-refractivity contribution < 1.29 is 19.1 Å². The molecule has 2 fully saturated rings. The van der Waals surface area contributed by atoms with E-state index in [1.54, 1.807) is 47.8 Å². The minimum Gasteiger partial charge on any atom is -0.456 e. The fraction of sp³-hybridized carbons (Fsp3) is 0.318. The lowest BCUT2D eigenvalue weighted by molar-refractivity contribution is 0.0510. The van der Waals surface area contributed by atoms with Crippen LogP contribution < -0.4 is 10.1 Å². The number of anilines is 1. The van der Waals surface area contributed by atoms with E-state index in [-0.39, 0.29) is 12.1 Å². The van der Waals surface area contributed by atoms with Gasteiger partial charge in [-0.25, -0.2) is 19.5 Å². The van der Waals surface area contributed by atoms with E-state index in [1.807, 2.05) is 0 Å². The summed E-state index contributed by atoms with van der Waals surface area (Å²) < 4.78 is 11.2. The first-order valence-electron chi connectivity index (χ1n) is 10.7. The van der Waals surface area contributed by atoms with E-state index in [4.69, 9.17) is 9.47 Å². The maximum Gasteiger partial charge on any atom is 0.331 e. The minimum atomic E-state index is -0.491. The lowest BCUT2D eigenvalue weighted by Crippen LogP contribution is -2.44. The smallest absolute Gasteiger partial charge is 0.331 e. The Morgan fingerprint density at radius 2 is 2.00 bits per heavy atom. The number of hydrogen-bond donors (Lipinski definition) is 2. The van der Waals surface area contributed by atoms with Gasteiger partial charge in [0, 0.05) is 56.4 Å². The molecule has 33 heavy (non-hydrogen) atoms. The summed E-state index contributed by atoms with van der Waals surface area (Å²) in [6, 6.07) is 6.22. The van der Waals surface area contributed by atoms with Crippen molar-refractivity contribution >= 4 is 17.9 Å². The largest absolute Gasteiger partial charge is 0.456 e. The van der Waals surface area contributed by atoms with Gasteiger partial charge in [0.2, 0.25) is 0 Å². The third-order valence-corrected chi connectivity index (χ3v) is 5.65. The molecule has 5 heterocycles. The number of nitrogens with one attached hydrogen (secondary N) is 2. The highest BCUT2D eigenvalue weighted by atomic mass is 16.5. The molecule has 0 aliphatic carbocycles. The van der Waals surface area contributed by atoms with Gasteiger partial charge in [0.25, 0.3) is 0 Å². The van der Waals surface area contributed by atoms with Crippen molar-refractivity contribution in [2.45, 2.75) is 18.9 Å². The maximum absolute atomic E-state index is 12.7. The molecule has 4 amide bonds. The van der Waals surface area contributed by atoms with E-state index >= 15 is 0 Å². The molecule has 3 aromatic heterocycles. The maximum atomic E-state index is 12.7. The average molecular weight is 449 g/mol. The van der Waals surface area contributed by atoms with E-state index in [0.717, 1.165) is 24.1 Å². The molecule has 0 saturated carbocycles. The Hall–Kier alpha value is -3.99. The summed E-state index contributed by atoms with van der Waals surface area (Å²) in [4.78, 5) is 36.9. The molecule has 2 aliphatic heterocycles. The van der Waals surface area contributed by atoms with E-state index in [1.165, 1.54) is 11.1 Å². The number of carbonyl (C=O) groups excluding carboxylic acids is 2. The number of aromatic amines is 1. The second-order valence-electron chi connectivity index (χ2n) is 7.75. The molecule has 3 aromatic rings. The predicted octanol–water partition coefficient (Wildman–Crippen LogP) is 3.11. The fourth-order valence-electron chi connectivity index (χ4n) is 3.93. The molecule has 11 heteroatoms. The van der Waals surface area contributed by atoms with E-state index in [0.29, 0.717) is 43.6 Å². The third-order valence-electron chi connectivity index (χ3n) is 5.65. The third kappa shape index (κ3) is 4.62. The lowest BCUT2D eigenvalue weighted by Gasteiger charge is -2.30. The molecule has 170 valence electrons. The van der Waals surface area contributed by atoms with Crippen LogP contribution in [0.4, 0.5) is 15.4 Å². The van der Waals surface area contributed by atoms with Crippen LogP contribution in [-0.2, 0) is 4.74 Å². The number of aromatic nitrogens is 4. The first-order chi connectivity index (χ1) is 16.2. The molecular formula is C22H23N7O4. The van der Waals surface area contributed by atoms with E-state index < -0.39 is 6.03 Å². The normalized spacial score (nSPS) is 16.8. The van der Waals surface area contributed by atoms with Gasteiger partial charge in [-0.05, 0) is 31.0 Å². The molecule has 0 radical (unpaired) electrons. The topological polar surface area (TPSA) is 126 Å². The summed E-state index contributed by atoms with van der Waals surface area (Å²) in [6.07, 6.45) is 8.18. The lowest BCUT2D eigenvalue weighted by atomic mass is 10.1. The second-order valence-corrected chi connectivity index (χ2v) is 7.75. The van der Waals surface area contributed by atoms with Crippen LogP contribution in [0.2, 0.25) is 0 Å². The van der Waals surface area contributed by atoms with Crippen molar-refractivity contribution in [3.8, 4) is 22.8 Å². The van der Waals surface area contributed by atoms with Crippen molar-refractivity contribution in [2.24, 2.45) is 0 Å². The van der Waals surface area contributed by atoms with Crippen molar-refractivity contribution in [3.63, 3.8) is 0 Å². The van der Waals surface area contributed by atoms with E-state index in [9.17, 15) is 9.59 Å². The Morgan fingerprint density at radius 1 is 1.12 bits per heavy atom. The van der Waals surface area contributed by atoms with Crippen LogP contribution >= 0.6 is 0 Å². The van der Waals surface area contributed by atoms with Gasteiger partial charge >= 0.3 is 12.1 Å². The Kier molecular flexibility index (Phi) is 5.85. The van der Waals surface area contributed by atoms with Gasteiger partial charge in [-0.2, -0.15) is 5.10 Å². The van der Waals surface area contributed by atoms with Gasteiger partial charge < -0.3 is 14.4 Å². The molecule has 0 aromatic carbocycles. The summed E-state index contributed by atoms with van der Waals surface area (Å²) in [6.45, 7) is 2.17. The number of ether oxygens (including phenoxy) is 2. The Labute approximate surface area is 189 Å². The summed E-state index contributed by atoms with van der Waals surface area (Å²) >= 11 is 0. The van der Waals surface area contributed by atoms with Crippen molar-refractivity contribution in [1.29, 1.82) is 0 Å². The van der Waals surface area contributed by atoms with E-state index in [2.05, 4.69) is 25.5 Å². The molecule has 5 rings (SSSR count). The van der Waals surface area contributed by atoms with Crippen molar-refractivity contribution in [2.75, 3.05) is 31.6 Å². The summed E-state index contributed by atoms with van der Waals surface area (Å²) in [5.41, 5.74) is 1.58. The van der Waals surface area contributed by atoms with Crippen LogP contribution in [0.3, 0.4) is 0 Å². The van der Waals surface area contributed by atoms with Gasteiger partial charge in [-0.15, -0.1) is 0 Å². The molecule has 0 bridgehead atoms. The zero-order valence-electron chi connectivity index (χ0n) is 17.8. The van der Waals surface area contributed by atoms with Gasteiger partial charge in [-0.1, -0.05) is 0 Å². The number of rotatable bonds is 5. The number of H-pyrrole nitrogens is 1. The highest BCUT2D eigenvalue weighted by molar-refractivity contribution is 6.01. The molecule has 2 N–H and O–H groups in total. The zero-order valence-corrected chi connectivity index (χ0v) is 17.8. The van der Waals surface area contributed by atoms with Crippen LogP contribution in [0.15, 0.2) is 49.1 Å². The summed E-state index contributed by atoms with van der Waals surface area (Å²) in [5.74, 6) is 1.43. The first kappa shape index (κ1) is 20.9. The quantitative estimate of drug-likeness (QED) is 0.613. The number of nitrogens with zero attached hydrogens (tertiary/aromatic N) is 5.